The first kappa shape index (κ1) is 62.4. The van der Waals surface area contributed by atoms with Gasteiger partial charge in [-0.3, -0.25) is 19.4 Å². The second kappa shape index (κ2) is 22.8. The minimum Gasteiger partial charge on any atom is -0.507 e. The van der Waals surface area contributed by atoms with Crippen molar-refractivity contribution in [3.8, 4) is 11.5 Å². The van der Waals surface area contributed by atoms with Gasteiger partial charge in [0.2, 0.25) is 0 Å². The van der Waals surface area contributed by atoms with Crippen molar-refractivity contribution in [2.24, 2.45) is 11.8 Å². The molecule has 0 unspecified atom stereocenters. The number of carbonyl (C=O) groups is 2. The Hall–Kier alpha value is -3.18. The Kier molecular flexibility index (Phi) is 19.5. The average Bonchev–Trinajstić information content (AvgIpc) is 3.21. The fraction of sp³-hybridized carbons (Fsp3) is 0.778. The third-order valence-corrected chi connectivity index (χ3v) is 16.7. The molecule has 6 rings (SSSR count). The second-order valence-electron chi connectivity index (χ2n) is 29.6. The molecule has 10 heteroatoms. The van der Waals surface area contributed by atoms with Crippen molar-refractivity contribution >= 4 is 11.9 Å². The predicted octanol–water partition coefficient (Wildman–Crippen LogP) is 15.0. The Morgan fingerprint density at radius 2 is 0.822 bits per heavy atom. The molecule has 0 radical (unpaired) electrons. The molecular weight excluding hydrogens is 913 g/mol. The molecule has 1 saturated carbocycles. The highest BCUT2D eigenvalue weighted by molar-refractivity contribution is 5.91. The van der Waals surface area contributed by atoms with E-state index in [4.69, 9.17) is 18.9 Å². The summed E-state index contributed by atoms with van der Waals surface area (Å²) in [6, 6.07) is 8.63. The molecule has 0 amide bonds. The van der Waals surface area contributed by atoms with Crippen molar-refractivity contribution in [2.75, 3.05) is 27.3 Å². The molecule has 2 aromatic rings. The van der Waals surface area contributed by atoms with Crippen LogP contribution in [0, 0.1) is 11.8 Å². The van der Waals surface area contributed by atoms with Gasteiger partial charge in [-0.25, -0.2) is 0 Å². The Bertz CT molecular complexity index is 1930. The molecule has 0 aromatic heterocycles. The number of rotatable bonds is 6. The lowest BCUT2D eigenvalue weighted by atomic mass is 9.74. The number of piperidine rings is 2. The average molecular weight is 1020 g/mol. The highest BCUT2D eigenvalue weighted by atomic mass is 16.7. The number of nitrogens with zero attached hydrogens (tertiary/aromatic N) is 2. The number of carbonyl (C=O) groups excluding carboxylic acids is 2. The van der Waals surface area contributed by atoms with Crippen LogP contribution in [-0.2, 0) is 50.2 Å². The van der Waals surface area contributed by atoms with Crippen LogP contribution in [0.2, 0.25) is 0 Å². The number of phenolic OH excluding ortho intramolecular Hbond substituents is 2. The first-order valence-electron chi connectivity index (χ1n) is 27.8. The summed E-state index contributed by atoms with van der Waals surface area (Å²) in [6.07, 6.45) is 7.25. The zero-order chi connectivity index (χ0) is 55.8. The molecule has 10 nitrogen and oxygen atoms in total. The SMILES string of the molecule is CC1CCC(c2cc(C(C)(C)C)c(O)c(C(C)(C)C)c2)CC1.CC1COC(c2cc(C(C)(C)C)c(O)c(C(C)(C)C)c2)OC1.CN1C(C)(C)CC(OC(=O)CC(=O)OC2CC(C)(C)N(C)C(C)(C)C2)CC1(C)C.[HH]. The molecule has 3 heterocycles. The van der Waals surface area contributed by atoms with Gasteiger partial charge in [-0.2, -0.15) is 0 Å². The van der Waals surface area contributed by atoms with E-state index in [0.29, 0.717) is 36.5 Å². The maximum atomic E-state index is 12.4. The van der Waals surface area contributed by atoms with E-state index >= 15 is 0 Å². The number of likely N-dealkylation sites (tertiary alicyclic amines) is 2. The summed E-state index contributed by atoms with van der Waals surface area (Å²) in [5.41, 5.74) is 5.94. The summed E-state index contributed by atoms with van der Waals surface area (Å²) in [5.74, 6) is 1.90. The highest BCUT2D eigenvalue weighted by Crippen LogP contribution is 2.46. The summed E-state index contributed by atoms with van der Waals surface area (Å²) in [5, 5.41) is 21.6. The number of phenols is 2. The number of esters is 2. The highest BCUT2D eigenvalue weighted by Gasteiger charge is 2.46. The number of ether oxygens (including phenoxy) is 4. The summed E-state index contributed by atoms with van der Waals surface area (Å²) in [4.78, 5) is 29.5. The predicted molar refractivity (Wildman–Crippen MR) is 302 cm³/mol. The van der Waals surface area contributed by atoms with E-state index in [0.717, 1.165) is 59.4 Å². The van der Waals surface area contributed by atoms with Crippen LogP contribution in [0.5, 0.6) is 11.5 Å². The van der Waals surface area contributed by atoms with E-state index in [-0.39, 0.29) is 70.2 Å². The van der Waals surface area contributed by atoms with E-state index in [9.17, 15) is 19.8 Å². The maximum absolute atomic E-state index is 12.4. The molecule has 73 heavy (non-hydrogen) atoms. The van der Waals surface area contributed by atoms with Crippen LogP contribution in [0.4, 0.5) is 0 Å². The van der Waals surface area contributed by atoms with E-state index in [1.807, 2.05) is 12.1 Å². The standard InChI is InChI=1S/C23H42N2O4.C21H34O.C19H30O3.H2/c1-20(2)12-16(13-21(3,4)24(20)9)28-18(26)11-19(27)29-17-14-22(5,6)25(10)23(7,8)15-17;1-14-8-10-15(11-9-14)16-12-17(20(2,3)4)19(22)18(13-16)21(5,6)7;1-12-10-21-17(22-11-12)13-8-14(18(2,3)4)16(20)15(9-13)19(5,6)7;/h16-17H,11-15H2,1-10H3;12-15,22H,8-11H2,1-7H3;8-9,12,17,20H,10-11H2,1-7H3;1H. The van der Waals surface area contributed by atoms with Gasteiger partial charge < -0.3 is 29.2 Å². The van der Waals surface area contributed by atoms with Crippen molar-refractivity contribution < 1.29 is 40.2 Å². The van der Waals surface area contributed by atoms with E-state index in [2.05, 4.69) is 188 Å². The molecule has 0 bridgehead atoms. The van der Waals surface area contributed by atoms with Gasteiger partial charge in [0.05, 0.1) is 13.2 Å². The van der Waals surface area contributed by atoms with Crippen molar-refractivity contribution in [3.05, 3.63) is 57.6 Å². The lowest BCUT2D eigenvalue weighted by molar-refractivity contribution is -0.202. The Morgan fingerprint density at radius 1 is 0.534 bits per heavy atom. The molecular formula is C63H108N2O8. The van der Waals surface area contributed by atoms with Crippen LogP contribution in [0.25, 0.3) is 0 Å². The third-order valence-electron chi connectivity index (χ3n) is 16.7. The topological polar surface area (TPSA) is 118 Å². The van der Waals surface area contributed by atoms with E-state index < -0.39 is 11.9 Å². The lowest BCUT2D eigenvalue weighted by Gasteiger charge is -2.53. The van der Waals surface area contributed by atoms with Gasteiger partial charge in [-0.05, 0) is 156 Å². The summed E-state index contributed by atoms with van der Waals surface area (Å²) in [7, 11) is 4.22. The second-order valence-corrected chi connectivity index (χ2v) is 29.6. The minimum absolute atomic E-state index is 0. The van der Waals surface area contributed by atoms with Crippen LogP contribution in [0.15, 0.2) is 24.3 Å². The van der Waals surface area contributed by atoms with Gasteiger partial charge >= 0.3 is 11.9 Å². The molecule has 3 aliphatic heterocycles. The fourth-order valence-electron chi connectivity index (χ4n) is 11.7. The third kappa shape index (κ3) is 16.4. The van der Waals surface area contributed by atoms with Gasteiger partial charge in [0.1, 0.15) is 30.1 Å². The van der Waals surface area contributed by atoms with Gasteiger partial charge in [0, 0.05) is 60.7 Å². The summed E-state index contributed by atoms with van der Waals surface area (Å²) >= 11 is 0. The lowest BCUT2D eigenvalue weighted by Crippen LogP contribution is -2.60. The van der Waals surface area contributed by atoms with Gasteiger partial charge in [0.25, 0.3) is 0 Å². The number of benzene rings is 2. The number of hydrogen-bond acceptors (Lipinski definition) is 10. The van der Waals surface area contributed by atoms with Crippen molar-refractivity contribution in [1.82, 2.24) is 9.80 Å². The number of aromatic hydroxyl groups is 2. The Morgan fingerprint density at radius 3 is 1.11 bits per heavy atom. The zero-order valence-corrected chi connectivity index (χ0v) is 50.8. The van der Waals surface area contributed by atoms with Crippen molar-refractivity contribution in [1.29, 1.82) is 0 Å². The van der Waals surface area contributed by atoms with E-state index in [1.165, 1.54) is 31.2 Å². The van der Waals surface area contributed by atoms with Crippen LogP contribution in [0.3, 0.4) is 0 Å². The fourth-order valence-corrected chi connectivity index (χ4v) is 11.7. The van der Waals surface area contributed by atoms with E-state index in [1.54, 1.807) is 0 Å². The molecule has 2 aromatic carbocycles. The number of hydrogen-bond donors (Lipinski definition) is 2. The van der Waals surface area contributed by atoms with Gasteiger partial charge in [-0.15, -0.1) is 0 Å². The van der Waals surface area contributed by atoms with Crippen molar-refractivity contribution in [3.63, 3.8) is 0 Å². The first-order valence-corrected chi connectivity index (χ1v) is 27.8. The normalized spacial score (nSPS) is 25.1. The maximum Gasteiger partial charge on any atom is 0.317 e. The Balaban J connectivity index is 0.000000295. The van der Waals surface area contributed by atoms with Crippen LogP contribution < -0.4 is 0 Å². The molecule has 4 aliphatic rings. The molecule has 0 atom stereocenters. The monoisotopic (exact) mass is 1020 g/mol. The first-order chi connectivity index (χ1) is 33.0. The molecule has 3 saturated heterocycles. The Labute approximate surface area is 446 Å². The van der Waals surface area contributed by atoms with Crippen molar-refractivity contribution in [2.45, 2.75) is 278 Å². The van der Waals surface area contributed by atoms with Crippen LogP contribution in [0.1, 0.15) is 257 Å². The van der Waals surface area contributed by atoms with Crippen LogP contribution >= 0.6 is 0 Å². The smallest absolute Gasteiger partial charge is 0.317 e. The zero-order valence-electron chi connectivity index (χ0n) is 50.8. The molecule has 1 aliphatic carbocycles. The van der Waals surface area contributed by atoms with Crippen LogP contribution in [-0.4, -0.2) is 93.6 Å². The summed E-state index contributed by atoms with van der Waals surface area (Å²) < 4.78 is 23.1. The molecule has 418 valence electrons. The molecule has 0 spiro atoms. The van der Waals surface area contributed by atoms with Gasteiger partial charge in [-0.1, -0.05) is 122 Å². The van der Waals surface area contributed by atoms with Gasteiger partial charge in [0.15, 0.2) is 6.29 Å². The minimum atomic E-state index is -0.484. The largest absolute Gasteiger partial charge is 0.507 e. The quantitative estimate of drug-likeness (QED) is 0.214. The molecule has 4 fully saturated rings. The molecule has 2 N–H and O–H groups in total. The summed E-state index contributed by atoms with van der Waals surface area (Å²) in [6.45, 7) is 49.0.